The Kier molecular flexibility index (Phi) is 9.33. The predicted octanol–water partition coefficient (Wildman–Crippen LogP) is 8.41. The van der Waals surface area contributed by atoms with Crippen LogP contribution in [0.15, 0.2) is 70.4 Å². The summed E-state index contributed by atoms with van der Waals surface area (Å²) in [7, 11) is 1.58. The van der Waals surface area contributed by atoms with E-state index in [4.69, 9.17) is 11.2 Å². The maximum absolute atomic E-state index is 15.8. The number of hydrogen-bond donors (Lipinski definition) is 2. The minimum absolute atomic E-state index is 0.0787. The highest BCUT2D eigenvalue weighted by atomic mass is 127. The maximum atomic E-state index is 15.8. The van der Waals surface area contributed by atoms with Crippen LogP contribution in [0, 0.1) is 35.5 Å². The quantitative estimate of drug-likeness (QED) is 0.0880. The molecule has 5 atom stereocenters. The molecule has 0 aromatic heterocycles. The van der Waals surface area contributed by atoms with E-state index in [1.54, 1.807) is 20.1 Å². The lowest BCUT2D eigenvalue weighted by molar-refractivity contribution is -0.288. The Morgan fingerprint density at radius 3 is 2.64 bits per heavy atom. The van der Waals surface area contributed by atoms with Gasteiger partial charge < -0.3 is 15.2 Å². The molecule has 4 aliphatic carbocycles. The van der Waals surface area contributed by atoms with E-state index in [9.17, 15) is 18.7 Å². The van der Waals surface area contributed by atoms with Gasteiger partial charge in [-0.3, -0.25) is 4.79 Å². The Labute approximate surface area is 272 Å². The lowest BCUT2D eigenvalue weighted by Gasteiger charge is -2.56. The predicted molar refractivity (Wildman–Crippen MR) is 179 cm³/mol. The van der Waals surface area contributed by atoms with Gasteiger partial charge in [-0.25, -0.2) is 0 Å². The fourth-order valence-electron chi connectivity index (χ4n) is 8.39. The molecule has 2 fully saturated rings. The number of methoxy groups -OCH3 is 1. The van der Waals surface area contributed by atoms with Gasteiger partial charge in [-0.15, -0.1) is 6.42 Å². The second-order valence-corrected chi connectivity index (χ2v) is 15.0. The zero-order chi connectivity index (χ0) is 32.8. The summed E-state index contributed by atoms with van der Waals surface area (Å²) in [5.41, 5.74) is 1.12. The number of carbonyl (C=O) groups is 1. The van der Waals surface area contributed by atoms with Crippen LogP contribution in [0.3, 0.4) is 0 Å². The maximum Gasteiger partial charge on any atom is 0.355 e. The molecule has 0 radical (unpaired) electrons. The van der Waals surface area contributed by atoms with E-state index >= 15 is 8.78 Å². The molecule has 1 aromatic carbocycles. The molecule has 2 unspecified atom stereocenters. The van der Waals surface area contributed by atoms with Crippen molar-refractivity contribution < 1.29 is 32.2 Å². The van der Waals surface area contributed by atoms with E-state index < -0.39 is 48.0 Å². The van der Waals surface area contributed by atoms with Crippen LogP contribution in [0.4, 0.5) is 23.2 Å². The minimum atomic E-state index is -4.61. The van der Waals surface area contributed by atoms with Crippen molar-refractivity contribution in [2.75, 3.05) is 19.0 Å². The number of para-hydroxylation sites is 2. The molecule has 0 heterocycles. The van der Waals surface area contributed by atoms with Gasteiger partial charge in [0.15, 0.2) is 5.78 Å². The first kappa shape index (κ1) is 33.6. The third kappa shape index (κ3) is 5.54. The molecule has 0 saturated heterocycles. The fourth-order valence-corrected chi connectivity index (χ4v) is 9.32. The van der Waals surface area contributed by atoms with Gasteiger partial charge in [-0.2, -0.15) is 17.6 Å². The molecular formula is C36H40F4INO3. The number of ketones is 1. The van der Waals surface area contributed by atoms with Crippen molar-refractivity contribution in [3.05, 3.63) is 70.4 Å². The van der Waals surface area contributed by atoms with Crippen LogP contribution in [-0.2, 0) is 4.79 Å². The van der Waals surface area contributed by atoms with E-state index in [2.05, 4.69) is 15.8 Å². The highest BCUT2D eigenvalue weighted by Crippen LogP contribution is 2.70. The van der Waals surface area contributed by atoms with Crippen molar-refractivity contribution in [2.24, 2.45) is 23.2 Å². The number of terminal acetylenes is 1. The van der Waals surface area contributed by atoms with Crippen molar-refractivity contribution in [2.45, 2.75) is 74.2 Å². The van der Waals surface area contributed by atoms with Gasteiger partial charge in [0.05, 0.1) is 12.8 Å². The third-order valence-electron chi connectivity index (χ3n) is 10.8. The van der Waals surface area contributed by atoms with Crippen LogP contribution < -0.4 is 10.1 Å². The van der Waals surface area contributed by atoms with E-state index in [1.807, 2.05) is 43.3 Å². The van der Waals surface area contributed by atoms with Crippen LogP contribution in [0.1, 0.15) is 58.8 Å². The molecule has 0 bridgehead atoms. The van der Waals surface area contributed by atoms with E-state index in [-0.39, 0.29) is 36.4 Å². The van der Waals surface area contributed by atoms with Gasteiger partial charge >= 0.3 is 9.85 Å². The lowest BCUT2D eigenvalue weighted by atomic mass is 9.50. The SMILES string of the molecule is C#C/C(=C\C=C(/C)[C@H]1C[C@@]2(C)C(CC[C@@]2(O)C(F)(F)C(F)(F)I=C)C2CCC3=CC(=O)CCC3=C21)CNc1ccccc1OC. The van der Waals surface area contributed by atoms with Gasteiger partial charge in [0.2, 0.25) is 0 Å². The number of benzene rings is 1. The smallest absolute Gasteiger partial charge is 0.355 e. The summed E-state index contributed by atoms with van der Waals surface area (Å²) in [6, 6.07) is 7.46. The van der Waals surface area contributed by atoms with Crippen molar-refractivity contribution >= 4 is 36.7 Å². The van der Waals surface area contributed by atoms with Gasteiger partial charge in [0.1, 0.15) is 11.4 Å². The molecule has 9 heteroatoms. The number of allylic oxidation sites excluding steroid dienone is 7. The zero-order valence-electron chi connectivity index (χ0n) is 25.9. The molecule has 242 valence electrons. The van der Waals surface area contributed by atoms with Crippen molar-refractivity contribution in [1.29, 1.82) is 0 Å². The van der Waals surface area contributed by atoms with E-state index in [1.165, 1.54) is 0 Å². The first-order chi connectivity index (χ1) is 21.2. The molecule has 1 aromatic rings. The summed E-state index contributed by atoms with van der Waals surface area (Å²) in [5.74, 6) is -2.09. The molecule has 4 aliphatic rings. The molecule has 45 heavy (non-hydrogen) atoms. The Bertz CT molecular complexity index is 1550. The molecular weight excluding hydrogens is 697 g/mol. The van der Waals surface area contributed by atoms with E-state index in [0.29, 0.717) is 43.6 Å². The molecule has 5 rings (SSSR count). The van der Waals surface area contributed by atoms with Crippen LogP contribution in [0.25, 0.3) is 0 Å². The molecule has 2 N–H and O–H groups in total. The van der Waals surface area contributed by atoms with Crippen LogP contribution in [0.2, 0.25) is 0 Å². The first-order valence-corrected chi connectivity index (χ1v) is 17.9. The average Bonchev–Trinajstić information content (AvgIpc) is 3.31. The molecule has 4 nitrogen and oxygen atoms in total. The number of alkyl halides is 5. The summed E-state index contributed by atoms with van der Waals surface area (Å²) in [4.78, 5) is 12.3. The average molecular weight is 738 g/mol. The van der Waals surface area contributed by atoms with Gasteiger partial charge in [0.25, 0.3) is 0 Å². The normalized spacial score (nSPS) is 30.6. The lowest BCUT2D eigenvalue weighted by Crippen LogP contribution is -2.65. The summed E-state index contributed by atoms with van der Waals surface area (Å²) in [6.07, 6.45) is 13.4. The summed E-state index contributed by atoms with van der Waals surface area (Å²) in [5, 5.41) is 15.1. The molecule has 0 amide bonds. The zero-order valence-corrected chi connectivity index (χ0v) is 28.0. The molecule has 0 aliphatic heterocycles. The Morgan fingerprint density at radius 1 is 1.22 bits per heavy atom. The van der Waals surface area contributed by atoms with Crippen molar-refractivity contribution in [1.82, 2.24) is 0 Å². The number of ether oxygens (including phenoxy) is 1. The van der Waals surface area contributed by atoms with E-state index in [0.717, 1.165) is 28.0 Å². The van der Waals surface area contributed by atoms with Gasteiger partial charge in [-0.1, -0.05) is 46.7 Å². The molecule has 0 spiro atoms. The summed E-state index contributed by atoms with van der Waals surface area (Å²) in [6.45, 7) is 3.84. The number of carbonyl (C=O) groups excluding carboxylic acids is 1. The number of hydrogen-bond acceptors (Lipinski definition) is 4. The number of halogens is 5. The third-order valence-corrected chi connectivity index (χ3v) is 12.4. The number of anilines is 1. The number of rotatable bonds is 9. The number of fused-ring (bicyclic) bond motifs is 4. The number of aliphatic hydroxyl groups is 1. The van der Waals surface area contributed by atoms with Crippen LogP contribution in [-0.4, -0.2) is 44.5 Å². The largest absolute Gasteiger partial charge is 0.495 e. The van der Waals surface area contributed by atoms with Crippen molar-refractivity contribution in [3.63, 3.8) is 0 Å². The second-order valence-electron chi connectivity index (χ2n) is 12.9. The fraction of sp³-hybridized carbons (Fsp3) is 0.500. The topological polar surface area (TPSA) is 58.6 Å². The van der Waals surface area contributed by atoms with Crippen LogP contribution in [0.5, 0.6) is 5.75 Å². The summed E-state index contributed by atoms with van der Waals surface area (Å²) < 4.78 is 65.6. The summed E-state index contributed by atoms with van der Waals surface area (Å²) >= 11 is -2.42. The first-order valence-electron chi connectivity index (χ1n) is 15.3. The Hall–Kier alpha value is -2.71. The van der Waals surface area contributed by atoms with Crippen LogP contribution >= 0.6 is 20.7 Å². The molecule has 2 saturated carbocycles. The Morgan fingerprint density at radius 2 is 1.96 bits per heavy atom. The minimum Gasteiger partial charge on any atom is -0.495 e. The van der Waals surface area contributed by atoms with Gasteiger partial charge in [-0.05, 0) is 113 Å². The second kappa shape index (κ2) is 12.5. The van der Waals surface area contributed by atoms with Gasteiger partial charge in [0, 0.05) is 29.9 Å². The Balaban J connectivity index is 1.56. The highest BCUT2D eigenvalue weighted by Gasteiger charge is 2.77. The number of nitrogens with one attached hydrogen (secondary N) is 1. The monoisotopic (exact) mass is 737 g/mol. The van der Waals surface area contributed by atoms with Crippen molar-refractivity contribution in [3.8, 4) is 18.1 Å². The highest BCUT2D eigenvalue weighted by molar-refractivity contribution is 14.2. The standard InChI is InChI=1S/C36H40F4INO3/c1-6-23(21-42-30-9-7-8-10-31(30)45-5)12-11-22(2)28-20-33(3)29(17-18-34(33,44)35(37,38)36(39,40)41-4)27-15-13-24-19-25(43)14-16-26(24)32(27)28/h1,7-12,19,27-29,42,44H,4,13-18,20-21H2,2-3,5H3/b22-11+,23-12+/t27?,28-,29?,33+,34+/m1/s1.